The zero-order valence-corrected chi connectivity index (χ0v) is 16.6. The van der Waals surface area contributed by atoms with E-state index < -0.39 is 6.04 Å². The molecule has 2 aliphatic rings. The molecule has 9 nitrogen and oxygen atoms in total. The lowest BCUT2D eigenvalue weighted by Gasteiger charge is -2.37. The molecule has 1 aromatic rings. The number of rotatable bonds is 6. The topological polar surface area (TPSA) is 102 Å². The second-order valence-corrected chi connectivity index (χ2v) is 7.38. The number of aryl methyl sites for hydroxylation is 1. The monoisotopic (exact) mass is 401 g/mol. The van der Waals surface area contributed by atoms with E-state index in [1.54, 1.807) is 11.0 Å². The van der Waals surface area contributed by atoms with Crippen LogP contribution < -0.4 is 10.6 Å². The largest absolute Gasteiger partial charge is 0.353 e. The van der Waals surface area contributed by atoms with Crippen LogP contribution >= 0.6 is 0 Å². The van der Waals surface area contributed by atoms with E-state index in [1.807, 2.05) is 30.0 Å². The van der Waals surface area contributed by atoms with E-state index in [0.717, 1.165) is 12.0 Å². The minimum absolute atomic E-state index is 0.0924. The highest BCUT2D eigenvalue weighted by atomic mass is 16.2. The third kappa shape index (κ3) is 5.32. The zero-order valence-electron chi connectivity index (χ0n) is 16.6. The molecule has 0 bridgehead atoms. The molecule has 1 unspecified atom stereocenters. The maximum Gasteiger partial charge on any atom is 0.243 e. The van der Waals surface area contributed by atoms with E-state index in [0.29, 0.717) is 45.0 Å². The Balaban J connectivity index is 1.60. The predicted molar refractivity (Wildman–Crippen MR) is 107 cm³/mol. The molecule has 2 fully saturated rings. The molecule has 156 valence electrons. The number of para-hydroxylation sites is 1. The fourth-order valence-electron chi connectivity index (χ4n) is 3.62. The van der Waals surface area contributed by atoms with Crippen LogP contribution in [0.3, 0.4) is 0 Å². The molecule has 2 aliphatic heterocycles. The maximum absolute atomic E-state index is 12.9. The van der Waals surface area contributed by atoms with Gasteiger partial charge in [0.1, 0.15) is 6.04 Å². The minimum atomic E-state index is -0.823. The molecule has 29 heavy (non-hydrogen) atoms. The van der Waals surface area contributed by atoms with Crippen LogP contribution in [0.1, 0.15) is 12.0 Å². The molecule has 1 atom stereocenters. The number of hydrogen-bond donors (Lipinski definition) is 2. The fraction of sp³-hybridized carbons (Fsp3) is 0.500. The summed E-state index contributed by atoms with van der Waals surface area (Å²) in [5.41, 5.74) is 1.62. The Kier molecular flexibility index (Phi) is 6.82. The molecule has 3 rings (SSSR count). The van der Waals surface area contributed by atoms with Gasteiger partial charge in [-0.2, -0.15) is 0 Å². The van der Waals surface area contributed by atoms with Crippen LogP contribution in [-0.4, -0.2) is 90.7 Å². The van der Waals surface area contributed by atoms with Gasteiger partial charge in [-0.15, -0.1) is 0 Å². The molecule has 2 N–H and O–H groups in total. The predicted octanol–water partition coefficient (Wildman–Crippen LogP) is -0.575. The molecule has 1 aromatic carbocycles. The number of carbonyl (C=O) groups is 4. The first-order valence-electron chi connectivity index (χ1n) is 9.82. The van der Waals surface area contributed by atoms with Crippen molar-refractivity contribution in [3.05, 3.63) is 29.8 Å². The lowest BCUT2D eigenvalue weighted by atomic mass is 10.1. The number of carbonyl (C=O) groups excluding carboxylic acids is 4. The van der Waals surface area contributed by atoms with Gasteiger partial charge in [0.15, 0.2) is 0 Å². The van der Waals surface area contributed by atoms with Crippen molar-refractivity contribution in [1.82, 2.24) is 20.0 Å². The average Bonchev–Trinajstić information content (AvgIpc) is 2.71. The summed E-state index contributed by atoms with van der Waals surface area (Å²) in [5, 5.41) is 5.57. The van der Waals surface area contributed by atoms with Crippen LogP contribution in [0, 0.1) is 6.92 Å². The smallest absolute Gasteiger partial charge is 0.243 e. The number of amides is 4. The number of hydrogen-bond acceptors (Lipinski definition) is 5. The number of nitrogens with one attached hydrogen (secondary N) is 2. The summed E-state index contributed by atoms with van der Waals surface area (Å²) < 4.78 is 0. The van der Waals surface area contributed by atoms with Gasteiger partial charge in [-0.25, -0.2) is 0 Å². The van der Waals surface area contributed by atoms with Crippen molar-refractivity contribution in [2.45, 2.75) is 19.4 Å². The van der Waals surface area contributed by atoms with Crippen LogP contribution in [0.2, 0.25) is 0 Å². The summed E-state index contributed by atoms with van der Waals surface area (Å²) in [7, 11) is 0. The van der Waals surface area contributed by atoms with Crippen LogP contribution in [0.25, 0.3) is 0 Å². The summed E-state index contributed by atoms with van der Waals surface area (Å²) >= 11 is 0. The van der Waals surface area contributed by atoms with Crippen molar-refractivity contribution in [2.24, 2.45) is 0 Å². The SMILES string of the molecule is Cc1ccccc1NC(=O)CC1C(=O)NCCN1C(=O)CN1CCN(C=O)CC1. The first-order valence-corrected chi connectivity index (χ1v) is 9.82. The first kappa shape index (κ1) is 20.8. The summed E-state index contributed by atoms with van der Waals surface area (Å²) in [4.78, 5) is 53.7. The van der Waals surface area contributed by atoms with E-state index in [4.69, 9.17) is 0 Å². The summed E-state index contributed by atoms with van der Waals surface area (Å²) in [6.07, 6.45) is 0.724. The summed E-state index contributed by atoms with van der Waals surface area (Å²) in [5.74, 6) is -0.790. The standard InChI is InChI=1S/C20H27N5O4/c1-15-4-2-3-5-16(15)22-18(27)12-17-20(29)21-6-7-25(17)19(28)13-23-8-10-24(14-26)11-9-23/h2-5,14,17H,6-13H2,1H3,(H,21,29)(H,22,27). The lowest BCUT2D eigenvalue weighted by molar-refractivity contribution is -0.145. The summed E-state index contributed by atoms with van der Waals surface area (Å²) in [6, 6.07) is 6.58. The van der Waals surface area contributed by atoms with Crippen LogP contribution in [0.4, 0.5) is 5.69 Å². The molecule has 0 saturated carbocycles. The van der Waals surface area contributed by atoms with Crippen molar-refractivity contribution in [2.75, 3.05) is 51.1 Å². The molecule has 2 heterocycles. The first-order chi connectivity index (χ1) is 14.0. The van der Waals surface area contributed by atoms with Crippen molar-refractivity contribution in [3.63, 3.8) is 0 Å². The number of piperazine rings is 2. The Morgan fingerprint density at radius 1 is 1.17 bits per heavy atom. The quantitative estimate of drug-likeness (QED) is 0.622. The van der Waals surface area contributed by atoms with E-state index >= 15 is 0 Å². The van der Waals surface area contributed by atoms with Crippen LogP contribution in [0.15, 0.2) is 24.3 Å². The summed E-state index contributed by atoms with van der Waals surface area (Å²) in [6.45, 7) is 5.21. The van der Waals surface area contributed by atoms with Gasteiger partial charge < -0.3 is 20.4 Å². The van der Waals surface area contributed by atoms with Gasteiger partial charge in [-0.05, 0) is 18.6 Å². The molecular formula is C20H27N5O4. The molecule has 0 spiro atoms. The van der Waals surface area contributed by atoms with E-state index in [-0.39, 0.29) is 30.7 Å². The zero-order chi connectivity index (χ0) is 20.8. The lowest BCUT2D eigenvalue weighted by Crippen LogP contribution is -2.60. The normalized spacial score (nSPS) is 20.2. The number of nitrogens with zero attached hydrogens (tertiary/aromatic N) is 3. The molecule has 2 saturated heterocycles. The fourth-order valence-corrected chi connectivity index (χ4v) is 3.62. The molecule has 0 aliphatic carbocycles. The highest BCUT2D eigenvalue weighted by Crippen LogP contribution is 2.16. The minimum Gasteiger partial charge on any atom is -0.353 e. The Bertz CT molecular complexity index is 776. The average molecular weight is 401 g/mol. The molecular weight excluding hydrogens is 374 g/mol. The Morgan fingerprint density at radius 3 is 2.59 bits per heavy atom. The maximum atomic E-state index is 12.9. The Labute approximate surface area is 170 Å². The van der Waals surface area contributed by atoms with Gasteiger partial charge in [-0.3, -0.25) is 24.1 Å². The third-order valence-corrected chi connectivity index (χ3v) is 5.36. The van der Waals surface area contributed by atoms with E-state index in [9.17, 15) is 19.2 Å². The highest BCUT2D eigenvalue weighted by molar-refractivity contribution is 5.98. The van der Waals surface area contributed by atoms with Crippen molar-refractivity contribution < 1.29 is 19.2 Å². The second kappa shape index (κ2) is 9.51. The molecule has 9 heteroatoms. The second-order valence-electron chi connectivity index (χ2n) is 7.38. The molecule has 4 amide bonds. The molecule has 0 radical (unpaired) electrons. The van der Waals surface area contributed by atoms with Gasteiger partial charge in [0.2, 0.25) is 24.1 Å². The van der Waals surface area contributed by atoms with Gasteiger partial charge >= 0.3 is 0 Å². The number of benzene rings is 1. The van der Waals surface area contributed by atoms with Gasteiger partial charge in [0.05, 0.1) is 13.0 Å². The van der Waals surface area contributed by atoms with Crippen molar-refractivity contribution in [3.8, 4) is 0 Å². The number of anilines is 1. The Hall–Kier alpha value is -2.94. The van der Waals surface area contributed by atoms with E-state index in [2.05, 4.69) is 10.6 Å². The third-order valence-electron chi connectivity index (χ3n) is 5.36. The Morgan fingerprint density at radius 2 is 1.90 bits per heavy atom. The van der Waals surface area contributed by atoms with Crippen LogP contribution in [0.5, 0.6) is 0 Å². The highest BCUT2D eigenvalue weighted by Gasteiger charge is 2.35. The molecule has 0 aromatic heterocycles. The van der Waals surface area contributed by atoms with Crippen molar-refractivity contribution in [1.29, 1.82) is 0 Å². The van der Waals surface area contributed by atoms with E-state index in [1.165, 1.54) is 4.90 Å². The van der Waals surface area contributed by atoms with Gasteiger partial charge in [-0.1, -0.05) is 18.2 Å². The van der Waals surface area contributed by atoms with Gasteiger partial charge in [0.25, 0.3) is 0 Å². The van der Waals surface area contributed by atoms with Crippen LogP contribution in [-0.2, 0) is 19.2 Å². The van der Waals surface area contributed by atoms with Gasteiger partial charge in [0, 0.05) is 45.0 Å². The van der Waals surface area contributed by atoms with Crippen molar-refractivity contribution >= 4 is 29.8 Å².